The Kier molecular flexibility index (Phi) is 5.45. The number of aromatic nitrogens is 1. The molecule has 3 nitrogen and oxygen atoms in total. The molecule has 3 aromatic carbocycles. The van der Waals surface area contributed by atoms with Gasteiger partial charge in [-0.1, -0.05) is 90.5 Å². The fourth-order valence-electron chi connectivity index (χ4n) is 4.77. The highest BCUT2D eigenvalue weighted by atomic mass is 31.2. The van der Waals surface area contributed by atoms with Gasteiger partial charge in [-0.15, -0.1) is 0 Å². The molecular weight excluding hydrogens is 411 g/mol. The van der Waals surface area contributed by atoms with E-state index in [0.29, 0.717) is 0 Å². The third kappa shape index (κ3) is 3.47. The Morgan fingerprint density at radius 3 is 2.00 bits per heavy atom. The van der Waals surface area contributed by atoms with Gasteiger partial charge in [0.25, 0.3) is 0 Å². The number of rotatable bonds is 5. The first kappa shape index (κ1) is 20.7. The Bertz CT molecular complexity index is 1280. The standard InChI is InChI=1S/C28H27N2OP/c1-21-16-18-23(19-17-21)20-29-30-22(2)28(26-14-9-15-27(26)30)32(31,24-10-5-3-6-11-24)25-12-7-4-8-13-25/h3-8,10-13,16-20H,9,14-15H2,1-2H3/b29-20+. The lowest BCUT2D eigenvalue weighted by Crippen LogP contribution is -2.28. The summed E-state index contributed by atoms with van der Waals surface area (Å²) in [6.45, 7) is 4.15. The number of fused-ring (bicyclic) bond motifs is 1. The molecule has 0 N–H and O–H groups in total. The van der Waals surface area contributed by atoms with Crippen LogP contribution in [-0.2, 0) is 17.4 Å². The molecule has 1 heterocycles. The van der Waals surface area contributed by atoms with E-state index < -0.39 is 7.14 Å². The van der Waals surface area contributed by atoms with Crippen LogP contribution >= 0.6 is 7.14 Å². The SMILES string of the molecule is Cc1ccc(/C=N/n2c(C)c(P(=O)(c3ccccc3)c3ccccc3)c3c2CCC3)cc1. The van der Waals surface area contributed by atoms with Gasteiger partial charge in [0.1, 0.15) is 0 Å². The van der Waals surface area contributed by atoms with E-state index in [9.17, 15) is 0 Å². The first-order valence-electron chi connectivity index (χ1n) is 11.1. The Morgan fingerprint density at radius 1 is 0.812 bits per heavy atom. The predicted octanol–water partition coefficient (Wildman–Crippen LogP) is 5.12. The maximum atomic E-state index is 15.1. The summed E-state index contributed by atoms with van der Waals surface area (Å²) in [5.74, 6) is 0. The minimum atomic E-state index is -3.03. The van der Waals surface area contributed by atoms with E-state index in [1.165, 1.54) is 16.8 Å². The van der Waals surface area contributed by atoms with Crippen molar-refractivity contribution in [2.75, 3.05) is 0 Å². The molecule has 0 bridgehead atoms. The number of hydrogen-bond acceptors (Lipinski definition) is 2. The van der Waals surface area contributed by atoms with Crippen LogP contribution in [0.2, 0.25) is 0 Å². The molecule has 160 valence electrons. The van der Waals surface area contributed by atoms with Crippen molar-refractivity contribution in [2.24, 2.45) is 5.10 Å². The molecule has 4 aromatic rings. The lowest BCUT2D eigenvalue weighted by atomic mass is 10.2. The van der Waals surface area contributed by atoms with Crippen LogP contribution in [0.5, 0.6) is 0 Å². The van der Waals surface area contributed by atoms with Crippen LogP contribution < -0.4 is 15.9 Å². The Balaban J connectivity index is 1.71. The first-order valence-corrected chi connectivity index (χ1v) is 12.9. The van der Waals surface area contributed by atoms with Crippen LogP contribution in [0.25, 0.3) is 0 Å². The highest BCUT2D eigenvalue weighted by Gasteiger charge is 2.38. The van der Waals surface area contributed by atoms with E-state index in [-0.39, 0.29) is 0 Å². The van der Waals surface area contributed by atoms with Gasteiger partial charge in [0, 0.05) is 21.6 Å². The van der Waals surface area contributed by atoms with Crippen molar-refractivity contribution in [1.82, 2.24) is 4.68 Å². The van der Waals surface area contributed by atoms with Crippen LogP contribution in [0.3, 0.4) is 0 Å². The van der Waals surface area contributed by atoms with Crippen LogP contribution in [0.4, 0.5) is 0 Å². The molecule has 0 saturated heterocycles. The van der Waals surface area contributed by atoms with Gasteiger partial charge >= 0.3 is 0 Å². The second-order valence-electron chi connectivity index (χ2n) is 8.46. The van der Waals surface area contributed by atoms with Crippen LogP contribution in [-0.4, -0.2) is 10.9 Å². The summed E-state index contributed by atoms with van der Waals surface area (Å²) < 4.78 is 17.1. The van der Waals surface area contributed by atoms with Crippen molar-refractivity contribution in [1.29, 1.82) is 0 Å². The summed E-state index contributed by atoms with van der Waals surface area (Å²) in [5, 5.41) is 7.60. The lowest BCUT2D eigenvalue weighted by molar-refractivity contribution is 0.592. The van der Waals surface area contributed by atoms with Gasteiger partial charge in [0.05, 0.1) is 11.9 Å². The number of nitrogens with zero attached hydrogens (tertiary/aromatic N) is 2. The maximum Gasteiger partial charge on any atom is 0.173 e. The number of benzene rings is 3. The van der Waals surface area contributed by atoms with Gasteiger partial charge in [-0.05, 0) is 44.2 Å². The van der Waals surface area contributed by atoms with Crippen LogP contribution in [0, 0.1) is 13.8 Å². The largest absolute Gasteiger partial charge is 0.309 e. The predicted molar refractivity (Wildman–Crippen MR) is 135 cm³/mol. The van der Waals surface area contributed by atoms with Crippen molar-refractivity contribution < 1.29 is 4.57 Å². The maximum absolute atomic E-state index is 15.1. The average molecular weight is 439 g/mol. The molecule has 0 atom stereocenters. The molecule has 0 spiro atoms. The zero-order valence-corrected chi connectivity index (χ0v) is 19.4. The van der Waals surface area contributed by atoms with Crippen LogP contribution in [0.1, 0.15) is 34.5 Å². The van der Waals surface area contributed by atoms with Gasteiger partial charge in [0.2, 0.25) is 0 Å². The van der Waals surface area contributed by atoms with E-state index >= 15 is 4.57 Å². The summed E-state index contributed by atoms with van der Waals surface area (Å²) >= 11 is 0. The van der Waals surface area contributed by atoms with E-state index in [0.717, 1.165) is 46.4 Å². The molecule has 1 aromatic heterocycles. The molecule has 4 heteroatoms. The molecular formula is C28H27N2OP. The molecule has 0 unspecified atom stereocenters. The van der Waals surface area contributed by atoms with Crippen molar-refractivity contribution in [3.8, 4) is 0 Å². The fraction of sp³-hybridized carbons (Fsp3) is 0.179. The van der Waals surface area contributed by atoms with Gasteiger partial charge in [-0.2, -0.15) is 5.10 Å². The molecule has 0 aliphatic heterocycles. The third-order valence-electron chi connectivity index (χ3n) is 6.34. The second kappa shape index (κ2) is 8.41. The molecule has 32 heavy (non-hydrogen) atoms. The number of hydrogen-bond donors (Lipinski definition) is 0. The Hall–Kier alpha value is -3.16. The topological polar surface area (TPSA) is 34.4 Å². The minimum Gasteiger partial charge on any atom is -0.309 e. The second-order valence-corrected chi connectivity index (χ2v) is 11.2. The van der Waals surface area contributed by atoms with E-state index in [2.05, 4.69) is 38.1 Å². The molecule has 0 fully saturated rings. The van der Waals surface area contributed by atoms with Gasteiger partial charge in [0.15, 0.2) is 7.14 Å². The van der Waals surface area contributed by atoms with Crippen LogP contribution in [0.15, 0.2) is 90.0 Å². The van der Waals surface area contributed by atoms with E-state index in [1.807, 2.05) is 71.6 Å². The highest BCUT2D eigenvalue weighted by Crippen LogP contribution is 2.47. The summed E-state index contributed by atoms with van der Waals surface area (Å²) in [5.41, 5.74) is 5.70. The summed E-state index contributed by atoms with van der Waals surface area (Å²) in [6.07, 6.45) is 4.89. The van der Waals surface area contributed by atoms with E-state index in [1.54, 1.807) is 0 Å². The van der Waals surface area contributed by atoms with Gasteiger partial charge in [-0.3, -0.25) is 0 Å². The monoisotopic (exact) mass is 438 g/mol. The third-order valence-corrected chi connectivity index (χ3v) is 9.62. The highest BCUT2D eigenvalue weighted by molar-refractivity contribution is 7.85. The fourth-order valence-corrected chi connectivity index (χ4v) is 7.94. The lowest BCUT2D eigenvalue weighted by Gasteiger charge is -2.21. The summed E-state index contributed by atoms with van der Waals surface area (Å²) in [6, 6.07) is 28.2. The molecule has 1 aliphatic carbocycles. The van der Waals surface area contributed by atoms with Crippen molar-refractivity contribution in [2.45, 2.75) is 33.1 Å². The zero-order chi connectivity index (χ0) is 22.1. The van der Waals surface area contributed by atoms with Crippen molar-refractivity contribution in [3.05, 3.63) is 113 Å². The van der Waals surface area contributed by atoms with E-state index in [4.69, 9.17) is 5.10 Å². The zero-order valence-electron chi connectivity index (χ0n) is 18.5. The number of aryl methyl sites for hydroxylation is 1. The Labute approximate surface area is 189 Å². The van der Waals surface area contributed by atoms with Crippen molar-refractivity contribution >= 4 is 29.3 Å². The molecule has 1 aliphatic rings. The average Bonchev–Trinajstić information content (AvgIpc) is 3.40. The Morgan fingerprint density at radius 2 is 1.41 bits per heavy atom. The van der Waals surface area contributed by atoms with Gasteiger partial charge < -0.3 is 4.57 Å². The molecule has 0 radical (unpaired) electrons. The van der Waals surface area contributed by atoms with Crippen molar-refractivity contribution in [3.63, 3.8) is 0 Å². The summed E-state index contributed by atoms with van der Waals surface area (Å²) in [7, 11) is -3.03. The minimum absolute atomic E-state index is 0.878. The van der Waals surface area contributed by atoms with Gasteiger partial charge in [-0.25, -0.2) is 4.68 Å². The molecule has 0 amide bonds. The molecule has 5 rings (SSSR count). The first-order chi connectivity index (χ1) is 15.6. The normalized spacial score (nSPS) is 13.6. The molecule has 0 saturated carbocycles. The quantitative estimate of drug-likeness (QED) is 0.315. The summed E-state index contributed by atoms with van der Waals surface area (Å²) in [4.78, 5) is 0. The smallest absolute Gasteiger partial charge is 0.173 e.